The van der Waals surface area contributed by atoms with Crippen molar-refractivity contribution in [1.82, 2.24) is 4.90 Å². The number of carboxylic acid groups (broad SMARTS) is 1. The second-order valence-electron chi connectivity index (χ2n) is 6.23. The van der Waals surface area contributed by atoms with Gasteiger partial charge in [0, 0.05) is 17.6 Å². The molecular formula is C16H22BrNO2. The van der Waals surface area contributed by atoms with Crippen LogP contribution in [0.4, 0.5) is 0 Å². The van der Waals surface area contributed by atoms with Crippen LogP contribution < -0.4 is 0 Å². The highest BCUT2D eigenvalue weighted by Crippen LogP contribution is 2.34. The summed E-state index contributed by atoms with van der Waals surface area (Å²) in [5.74, 6) is -0.461. The average molecular weight is 340 g/mol. The Balaban J connectivity index is 2.00. The van der Waals surface area contributed by atoms with E-state index in [1.165, 1.54) is 5.56 Å². The van der Waals surface area contributed by atoms with E-state index >= 15 is 0 Å². The summed E-state index contributed by atoms with van der Waals surface area (Å²) in [5.41, 5.74) is 0.639. The highest BCUT2D eigenvalue weighted by molar-refractivity contribution is 9.10. The van der Waals surface area contributed by atoms with Gasteiger partial charge in [-0.1, -0.05) is 28.1 Å². The van der Waals surface area contributed by atoms with Gasteiger partial charge in [0.15, 0.2) is 0 Å². The van der Waals surface area contributed by atoms with Gasteiger partial charge in [-0.15, -0.1) is 0 Å². The number of halogens is 1. The Labute approximate surface area is 129 Å². The van der Waals surface area contributed by atoms with Gasteiger partial charge in [0.2, 0.25) is 0 Å². The van der Waals surface area contributed by atoms with Crippen LogP contribution in [-0.4, -0.2) is 29.1 Å². The average Bonchev–Trinajstić information content (AvgIpc) is 2.41. The molecular weight excluding hydrogens is 318 g/mol. The maximum absolute atomic E-state index is 11.4. The van der Waals surface area contributed by atoms with Gasteiger partial charge >= 0.3 is 5.97 Å². The molecule has 0 radical (unpaired) electrons. The molecule has 4 heteroatoms. The van der Waals surface area contributed by atoms with Crippen molar-refractivity contribution in [3.05, 3.63) is 34.3 Å². The number of piperidine rings is 1. The highest BCUT2D eigenvalue weighted by atomic mass is 79.9. The van der Waals surface area contributed by atoms with Crippen molar-refractivity contribution in [2.75, 3.05) is 13.1 Å². The summed E-state index contributed by atoms with van der Waals surface area (Å²) in [6.45, 7) is 6.53. The molecule has 2 rings (SSSR count). The first kappa shape index (κ1) is 15.5. The number of benzene rings is 1. The fourth-order valence-corrected chi connectivity index (χ4v) is 3.08. The number of hydrogen-bond acceptors (Lipinski definition) is 2. The standard InChI is InChI=1S/C16H22BrNO2/c1-16(2,15(19)20)13-4-3-9-18(11-13)10-12-5-7-14(17)8-6-12/h5-8,13H,3-4,9-11H2,1-2H3,(H,19,20). The van der Waals surface area contributed by atoms with Crippen LogP contribution in [0.3, 0.4) is 0 Å². The van der Waals surface area contributed by atoms with Gasteiger partial charge in [-0.2, -0.15) is 0 Å². The summed E-state index contributed by atoms with van der Waals surface area (Å²) < 4.78 is 1.09. The molecule has 1 aromatic rings. The Bertz CT molecular complexity index is 470. The first-order valence-electron chi connectivity index (χ1n) is 7.10. The molecule has 110 valence electrons. The molecule has 0 bridgehead atoms. The molecule has 20 heavy (non-hydrogen) atoms. The summed E-state index contributed by atoms with van der Waals surface area (Å²) in [7, 11) is 0. The lowest BCUT2D eigenvalue weighted by molar-refractivity contribution is -0.151. The summed E-state index contributed by atoms with van der Waals surface area (Å²) in [6, 6.07) is 8.35. The number of nitrogens with zero attached hydrogens (tertiary/aromatic N) is 1. The molecule has 1 heterocycles. The third-order valence-corrected chi connectivity index (χ3v) is 4.93. The van der Waals surface area contributed by atoms with E-state index < -0.39 is 11.4 Å². The normalized spacial score (nSPS) is 20.9. The van der Waals surface area contributed by atoms with Gasteiger partial charge < -0.3 is 5.11 Å². The van der Waals surface area contributed by atoms with Crippen LogP contribution in [0.25, 0.3) is 0 Å². The monoisotopic (exact) mass is 339 g/mol. The predicted octanol–water partition coefficient (Wildman–Crippen LogP) is 3.77. The molecule has 1 N–H and O–H groups in total. The van der Waals surface area contributed by atoms with Crippen LogP contribution in [0.5, 0.6) is 0 Å². The number of carboxylic acids is 1. The Hall–Kier alpha value is -0.870. The van der Waals surface area contributed by atoms with E-state index in [4.69, 9.17) is 0 Å². The summed E-state index contributed by atoms with van der Waals surface area (Å²) in [6.07, 6.45) is 2.09. The van der Waals surface area contributed by atoms with E-state index in [2.05, 4.69) is 45.1 Å². The molecule has 0 amide bonds. The zero-order valence-corrected chi connectivity index (χ0v) is 13.7. The summed E-state index contributed by atoms with van der Waals surface area (Å²) in [5, 5.41) is 9.38. The van der Waals surface area contributed by atoms with Crippen molar-refractivity contribution < 1.29 is 9.90 Å². The summed E-state index contributed by atoms with van der Waals surface area (Å²) >= 11 is 3.44. The number of aliphatic carboxylic acids is 1. The van der Waals surface area contributed by atoms with Crippen LogP contribution in [-0.2, 0) is 11.3 Å². The SMILES string of the molecule is CC(C)(C(=O)O)C1CCCN(Cc2ccc(Br)cc2)C1. The maximum Gasteiger partial charge on any atom is 0.309 e. The number of likely N-dealkylation sites (tertiary alicyclic amines) is 1. The lowest BCUT2D eigenvalue weighted by Gasteiger charge is -2.39. The van der Waals surface area contributed by atoms with E-state index in [1.54, 1.807) is 0 Å². The minimum Gasteiger partial charge on any atom is -0.481 e. The lowest BCUT2D eigenvalue weighted by Crippen LogP contribution is -2.44. The molecule has 0 aliphatic carbocycles. The van der Waals surface area contributed by atoms with Crippen molar-refractivity contribution in [2.45, 2.75) is 33.2 Å². The number of rotatable bonds is 4. The van der Waals surface area contributed by atoms with Crippen LogP contribution in [0.15, 0.2) is 28.7 Å². The molecule has 3 nitrogen and oxygen atoms in total. The van der Waals surface area contributed by atoms with E-state index in [-0.39, 0.29) is 5.92 Å². The third kappa shape index (κ3) is 3.61. The van der Waals surface area contributed by atoms with Crippen LogP contribution in [0.1, 0.15) is 32.3 Å². The first-order chi connectivity index (χ1) is 9.39. The molecule has 0 saturated carbocycles. The Morgan fingerprint density at radius 3 is 2.65 bits per heavy atom. The van der Waals surface area contributed by atoms with Gasteiger partial charge in [0.1, 0.15) is 0 Å². The fraction of sp³-hybridized carbons (Fsp3) is 0.562. The minimum atomic E-state index is -0.687. The molecule has 1 aromatic carbocycles. The predicted molar refractivity (Wildman–Crippen MR) is 83.6 cm³/mol. The number of carbonyl (C=O) groups is 1. The smallest absolute Gasteiger partial charge is 0.309 e. The van der Waals surface area contributed by atoms with Crippen LogP contribution in [0.2, 0.25) is 0 Å². The molecule has 1 unspecified atom stereocenters. The molecule has 0 aromatic heterocycles. The molecule has 1 aliphatic rings. The molecule has 1 atom stereocenters. The zero-order chi connectivity index (χ0) is 14.8. The van der Waals surface area contributed by atoms with Crippen molar-refractivity contribution in [3.63, 3.8) is 0 Å². The van der Waals surface area contributed by atoms with Gasteiger partial charge in [-0.25, -0.2) is 0 Å². The Kier molecular flexibility index (Phi) is 4.86. The maximum atomic E-state index is 11.4. The Morgan fingerprint density at radius 1 is 1.40 bits per heavy atom. The van der Waals surface area contributed by atoms with E-state index in [0.717, 1.165) is 36.9 Å². The van der Waals surface area contributed by atoms with Gasteiger partial charge in [-0.05, 0) is 56.8 Å². The molecule has 1 aliphatic heterocycles. The second kappa shape index (κ2) is 6.27. The van der Waals surface area contributed by atoms with Gasteiger partial charge in [0.25, 0.3) is 0 Å². The van der Waals surface area contributed by atoms with Crippen molar-refractivity contribution in [2.24, 2.45) is 11.3 Å². The second-order valence-corrected chi connectivity index (χ2v) is 7.14. The molecule has 1 fully saturated rings. The van der Waals surface area contributed by atoms with E-state index in [1.807, 2.05) is 13.8 Å². The highest BCUT2D eigenvalue weighted by Gasteiger charge is 2.38. The minimum absolute atomic E-state index is 0.226. The van der Waals surface area contributed by atoms with Gasteiger partial charge in [0.05, 0.1) is 5.41 Å². The Morgan fingerprint density at radius 2 is 2.05 bits per heavy atom. The zero-order valence-electron chi connectivity index (χ0n) is 12.1. The van der Waals surface area contributed by atoms with Crippen molar-refractivity contribution >= 4 is 21.9 Å². The molecule has 1 saturated heterocycles. The first-order valence-corrected chi connectivity index (χ1v) is 7.89. The quantitative estimate of drug-likeness (QED) is 0.907. The van der Waals surface area contributed by atoms with Crippen molar-refractivity contribution in [3.8, 4) is 0 Å². The van der Waals surface area contributed by atoms with Gasteiger partial charge in [-0.3, -0.25) is 9.69 Å². The fourth-order valence-electron chi connectivity index (χ4n) is 2.81. The van der Waals surface area contributed by atoms with E-state index in [9.17, 15) is 9.90 Å². The van der Waals surface area contributed by atoms with E-state index in [0.29, 0.717) is 0 Å². The summed E-state index contributed by atoms with van der Waals surface area (Å²) in [4.78, 5) is 13.8. The largest absolute Gasteiger partial charge is 0.481 e. The van der Waals surface area contributed by atoms with Crippen LogP contribution in [0, 0.1) is 11.3 Å². The lowest BCUT2D eigenvalue weighted by atomic mass is 9.74. The van der Waals surface area contributed by atoms with Crippen molar-refractivity contribution in [1.29, 1.82) is 0 Å². The number of hydrogen-bond donors (Lipinski definition) is 1. The third-order valence-electron chi connectivity index (χ3n) is 4.40. The molecule has 0 spiro atoms. The van der Waals surface area contributed by atoms with Crippen LogP contribution >= 0.6 is 15.9 Å². The topological polar surface area (TPSA) is 40.5 Å².